The van der Waals surface area contributed by atoms with Gasteiger partial charge in [0.2, 0.25) is 5.91 Å². The van der Waals surface area contributed by atoms with Crippen LogP contribution < -0.4 is 10.2 Å². The van der Waals surface area contributed by atoms with Crippen molar-refractivity contribution in [3.8, 4) is 0 Å². The van der Waals surface area contributed by atoms with Crippen LogP contribution in [0.1, 0.15) is 25.5 Å². The Morgan fingerprint density at radius 2 is 1.55 bits per heavy atom. The lowest BCUT2D eigenvalue weighted by molar-refractivity contribution is -0.128. The Morgan fingerprint density at radius 1 is 0.935 bits per heavy atom. The molecule has 2 fully saturated rings. The van der Waals surface area contributed by atoms with Crippen LogP contribution >= 0.6 is 0 Å². The molecule has 166 valence electrons. The molecule has 2 heterocycles. The van der Waals surface area contributed by atoms with Gasteiger partial charge in [0, 0.05) is 50.6 Å². The van der Waals surface area contributed by atoms with E-state index in [-0.39, 0.29) is 24.2 Å². The predicted octanol–water partition coefficient (Wildman–Crippen LogP) is 3.23. The van der Waals surface area contributed by atoms with Crippen LogP contribution in [0.15, 0.2) is 54.6 Å². The van der Waals surface area contributed by atoms with Gasteiger partial charge in [0.05, 0.1) is 12.2 Å². The standard InChI is InChI=1S/C25H34N4O2/c1-19-17-29(18-20(2)31-19)24(21-7-5-4-6-8-21)25(30)26-22-9-11-23(12-10-22)28-15-13-27(3)14-16-28/h4-12,19-20,24H,13-18H2,1-3H3,(H,26,30). The molecule has 0 radical (unpaired) electrons. The average Bonchev–Trinajstić information content (AvgIpc) is 2.75. The van der Waals surface area contributed by atoms with Gasteiger partial charge in [-0.1, -0.05) is 30.3 Å². The lowest BCUT2D eigenvalue weighted by Crippen LogP contribution is -2.49. The molecule has 0 saturated carbocycles. The Morgan fingerprint density at radius 3 is 2.16 bits per heavy atom. The number of amides is 1. The summed E-state index contributed by atoms with van der Waals surface area (Å²) in [5, 5.41) is 3.16. The molecule has 1 N–H and O–H groups in total. The van der Waals surface area contributed by atoms with Gasteiger partial charge < -0.3 is 19.9 Å². The Kier molecular flexibility index (Phi) is 6.90. The first-order valence-corrected chi connectivity index (χ1v) is 11.3. The minimum absolute atomic E-state index is 0.000141. The summed E-state index contributed by atoms with van der Waals surface area (Å²) in [5.74, 6) is -0.000141. The van der Waals surface area contributed by atoms with Crippen LogP contribution in [0.3, 0.4) is 0 Å². The first-order chi connectivity index (χ1) is 15.0. The lowest BCUT2D eigenvalue weighted by atomic mass is 10.0. The van der Waals surface area contributed by atoms with Crippen molar-refractivity contribution in [2.75, 3.05) is 56.5 Å². The highest BCUT2D eigenvalue weighted by molar-refractivity contribution is 5.95. The Balaban J connectivity index is 1.48. The van der Waals surface area contributed by atoms with Crippen molar-refractivity contribution in [3.05, 3.63) is 60.2 Å². The number of benzene rings is 2. The Labute approximate surface area is 185 Å². The molecule has 2 aromatic rings. The van der Waals surface area contributed by atoms with Crippen LogP contribution in [0, 0.1) is 0 Å². The number of ether oxygens (including phenoxy) is 1. The molecule has 2 aliphatic rings. The van der Waals surface area contributed by atoms with Crippen LogP contribution in [-0.4, -0.2) is 74.2 Å². The number of carbonyl (C=O) groups excluding carboxylic acids is 1. The van der Waals surface area contributed by atoms with Crippen molar-refractivity contribution < 1.29 is 9.53 Å². The second-order valence-corrected chi connectivity index (χ2v) is 8.85. The quantitative estimate of drug-likeness (QED) is 0.802. The molecule has 6 heteroatoms. The topological polar surface area (TPSA) is 48.1 Å². The number of nitrogens with zero attached hydrogens (tertiary/aromatic N) is 3. The first kappa shape index (κ1) is 21.8. The van der Waals surface area contributed by atoms with Gasteiger partial charge in [-0.25, -0.2) is 0 Å². The minimum Gasteiger partial charge on any atom is -0.373 e. The molecule has 2 aromatic carbocycles. The van der Waals surface area contributed by atoms with E-state index in [4.69, 9.17) is 4.74 Å². The molecule has 0 aliphatic carbocycles. The predicted molar refractivity (Wildman–Crippen MR) is 126 cm³/mol. The number of piperazine rings is 1. The van der Waals surface area contributed by atoms with Gasteiger partial charge in [-0.15, -0.1) is 0 Å². The highest BCUT2D eigenvalue weighted by Crippen LogP contribution is 2.27. The van der Waals surface area contributed by atoms with Crippen LogP contribution in [0.2, 0.25) is 0 Å². The zero-order chi connectivity index (χ0) is 21.8. The van der Waals surface area contributed by atoms with E-state index in [0.717, 1.165) is 50.5 Å². The maximum atomic E-state index is 13.4. The van der Waals surface area contributed by atoms with Gasteiger partial charge in [-0.05, 0) is 50.7 Å². The number of rotatable bonds is 5. The number of anilines is 2. The van der Waals surface area contributed by atoms with Crippen LogP contribution in [-0.2, 0) is 9.53 Å². The molecule has 0 spiro atoms. The summed E-state index contributed by atoms with van der Waals surface area (Å²) >= 11 is 0. The fourth-order valence-electron chi connectivity index (χ4n) is 4.62. The van der Waals surface area contributed by atoms with Crippen molar-refractivity contribution in [2.24, 2.45) is 0 Å². The highest BCUT2D eigenvalue weighted by Gasteiger charge is 2.33. The van der Waals surface area contributed by atoms with Crippen molar-refractivity contribution in [1.82, 2.24) is 9.80 Å². The monoisotopic (exact) mass is 422 g/mol. The molecular weight excluding hydrogens is 388 g/mol. The zero-order valence-electron chi connectivity index (χ0n) is 18.8. The minimum atomic E-state index is -0.340. The largest absolute Gasteiger partial charge is 0.373 e. The van der Waals surface area contributed by atoms with Crippen molar-refractivity contribution in [2.45, 2.75) is 32.1 Å². The molecule has 4 rings (SSSR count). The number of hydrogen-bond acceptors (Lipinski definition) is 5. The molecule has 1 amide bonds. The number of nitrogens with one attached hydrogen (secondary N) is 1. The first-order valence-electron chi connectivity index (χ1n) is 11.3. The second kappa shape index (κ2) is 9.81. The zero-order valence-corrected chi connectivity index (χ0v) is 18.8. The SMILES string of the molecule is CC1CN(C(C(=O)Nc2ccc(N3CCN(C)CC3)cc2)c2ccccc2)CC(C)O1. The van der Waals surface area contributed by atoms with Crippen LogP contribution in [0.4, 0.5) is 11.4 Å². The van der Waals surface area contributed by atoms with Crippen molar-refractivity contribution in [1.29, 1.82) is 0 Å². The third-order valence-electron chi connectivity index (χ3n) is 6.18. The van der Waals surface area contributed by atoms with Gasteiger partial charge in [0.15, 0.2) is 0 Å². The molecule has 3 unspecified atom stereocenters. The van der Waals surface area contributed by atoms with E-state index in [2.05, 4.69) is 53.0 Å². The molecule has 6 nitrogen and oxygen atoms in total. The molecule has 2 saturated heterocycles. The third-order valence-corrected chi connectivity index (χ3v) is 6.18. The van der Waals surface area contributed by atoms with Crippen LogP contribution in [0.25, 0.3) is 0 Å². The normalized spacial score (nSPS) is 24.0. The number of carbonyl (C=O) groups is 1. The van der Waals surface area contributed by atoms with E-state index in [0.29, 0.717) is 0 Å². The number of hydrogen-bond donors (Lipinski definition) is 1. The van der Waals surface area contributed by atoms with Gasteiger partial charge in [-0.3, -0.25) is 9.69 Å². The van der Waals surface area contributed by atoms with Gasteiger partial charge in [0.1, 0.15) is 6.04 Å². The third kappa shape index (κ3) is 5.45. The summed E-state index contributed by atoms with van der Waals surface area (Å²) in [6.07, 6.45) is 0.205. The average molecular weight is 423 g/mol. The van der Waals surface area contributed by atoms with Gasteiger partial charge in [0.25, 0.3) is 0 Å². The second-order valence-electron chi connectivity index (χ2n) is 8.85. The number of morpholine rings is 1. The van der Waals surface area contributed by atoms with E-state index < -0.39 is 0 Å². The van der Waals surface area contributed by atoms with E-state index in [1.54, 1.807) is 0 Å². The maximum absolute atomic E-state index is 13.4. The summed E-state index contributed by atoms with van der Waals surface area (Å²) in [6.45, 7) is 9.83. The van der Waals surface area contributed by atoms with E-state index in [1.165, 1.54) is 5.69 Å². The summed E-state index contributed by atoms with van der Waals surface area (Å²) in [4.78, 5) is 20.4. The van der Waals surface area contributed by atoms with E-state index >= 15 is 0 Å². The van der Waals surface area contributed by atoms with Crippen molar-refractivity contribution in [3.63, 3.8) is 0 Å². The molecular formula is C25H34N4O2. The summed E-state index contributed by atoms with van der Waals surface area (Å²) in [7, 11) is 2.16. The Hall–Kier alpha value is -2.41. The molecule has 2 aliphatic heterocycles. The smallest absolute Gasteiger partial charge is 0.246 e. The maximum Gasteiger partial charge on any atom is 0.246 e. The number of likely N-dealkylation sites (N-methyl/N-ethyl adjacent to an activating group) is 1. The molecule has 0 aromatic heterocycles. The summed E-state index contributed by atoms with van der Waals surface area (Å²) in [5.41, 5.74) is 3.05. The van der Waals surface area contributed by atoms with Gasteiger partial charge in [-0.2, -0.15) is 0 Å². The fourth-order valence-corrected chi connectivity index (χ4v) is 4.62. The Bertz CT molecular complexity index is 840. The van der Waals surface area contributed by atoms with Crippen LogP contribution in [0.5, 0.6) is 0 Å². The van der Waals surface area contributed by atoms with Gasteiger partial charge >= 0.3 is 0 Å². The van der Waals surface area contributed by atoms with Crippen molar-refractivity contribution >= 4 is 17.3 Å². The van der Waals surface area contributed by atoms with E-state index in [9.17, 15) is 4.79 Å². The molecule has 31 heavy (non-hydrogen) atoms. The lowest BCUT2D eigenvalue weighted by Gasteiger charge is -2.39. The molecule has 0 bridgehead atoms. The van der Waals surface area contributed by atoms with E-state index in [1.807, 2.05) is 42.5 Å². The highest BCUT2D eigenvalue weighted by atomic mass is 16.5. The summed E-state index contributed by atoms with van der Waals surface area (Å²) in [6, 6.07) is 17.9. The fraction of sp³-hybridized carbons (Fsp3) is 0.480. The summed E-state index contributed by atoms with van der Waals surface area (Å²) < 4.78 is 5.90. The molecule has 3 atom stereocenters.